The zero-order chi connectivity index (χ0) is 15.5. The predicted molar refractivity (Wildman–Crippen MR) is 83.8 cm³/mol. The van der Waals surface area contributed by atoms with Gasteiger partial charge in [0.1, 0.15) is 0 Å². The van der Waals surface area contributed by atoms with Crippen LogP contribution >= 0.6 is 15.9 Å². The largest absolute Gasteiger partial charge is 0.352 e. The number of benzene rings is 1. The van der Waals surface area contributed by atoms with Gasteiger partial charge < -0.3 is 4.57 Å². The average molecular weight is 349 g/mol. The number of aryl methyl sites for hydroxylation is 2. The van der Waals surface area contributed by atoms with Crippen LogP contribution in [-0.2, 0) is 14.1 Å². The molecule has 21 heavy (non-hydrogen) atoms. The van der Waals surface area contributed by atoms with Crippen LogP contribution in [0.15, 0.2) is 20.1 Å². The third kappa shape index (κ3) is 1.84. The zero-order valence-corrected chi connectivity index (χ0v) is 13.6. The molecular weight excluding hydrogens is 336 g/mol. The van der Waals surface area contributed by atoms with Crippen LogP contribution in [0.25, 0.3) is 22.6 Å². The van der Waals surface area contributed by atoms with Gasteiger partial charge in [0.15, 0.2) is 11.5 Å². The topological polar surface area (TPSA) is 69.8 Å². The van der Waals surface area contributed by atoms with Crippen molar-refractivity contribution in [3.8, 4) is 11.5 Å². The molecule has 2 aliphatic rings. The number of fused-ring (bicyclic) bond motifs is 2. The molecule has 0 bridgehead atoms. The highest BCUT2D eigenvalue weighted by molar-refractivity contribution is 9.10. The zero-order valence-electron chi connectivity index (χ0n) is 12.1. The lowest BCUT2D eigenvalue weighted by atomic mass is 10.1. The number of halogens is 1. The fraction of sp³-hybridized carbons (Fsp3) is 0.286. The van der Waals surface area contributed by atoms with E-state index in [9.17, 15) is 9.59 Å². The molecule has 6 nitrogen and oxygen atoms in total. The first-order valence-electron chi connectivity index (χ1n) is 6.36. The number of rotatable bonds is 0. The van der Waals surface area contributed by atoms with Gasteiger partial charge in [-0.25, -0.2) is 9.78 Å². The van der Waals surface area contributed by atoms with Gasteiger partial charge in [-0.05, 0) is 47.0 Å². The highest BCUT2D eigenvalue weighted by Gasteiger charge is 2.20. The smallest absolute Gasteiger partial charge is 0.325 e. The first-order chi connectivity index (χ1) is 9.82. The van der Waals surface area contributed by atoms with Crippen molar-refractivity contribution < 1.29 is 0 Å². The molecule has 3 rings (SSSR count). The van der Waals surface area contributed by atoms with Crippen LogP contribution in [0.3, 0.4) is 0 Å². The van der Waals surface area contributed by atoms with Gasteiger partial charge in [-0.2, -0.15) is 4.98 Å². The molecule has 0 amide bonds. The average Bonchev–Trinajstić information content (AvgIpc) is 2.44. The number of nitrogens with zero attached hydrogens (tertiary/aromatic N) is 4. The van der Waals surface area contributed by atoms with Crippen molar-refractivity contribution in [3.63, 3.8) is 0 Å². The maximum atomic E-state index is 12.2. The second kappa shape index (κ2) is 4.49. The molecule has 2 heterocycles. The summed E-state index contributed by atoms with van der Waals surface area (Å²) in [5.74, 6) is 0.291. The van der Waals surface area contributed by atoms with Crippen molar-refractivity contribution in [1.82, 2.24) is 19.1 Å². The minimum atomic E-state index is -0.579. The molecule has 1 aromatic rings. The van der Waals surface area contributed by atoms with E-state index < -0.39 is 11.2 Å². The number of hydrogen-bond acceptors (Lipinski definition) is 4. The summed E-state index contributed by atoms with van der Waals surface area (Å²) in [6, 6.07) is 1.93. The maximum absolute atomic E-state index is 12.2. The van der Waals surface area contributed by atoms with E-state index >= 15 is 0 Å². The summed E-state index contributed by atoms with van der Waals surface area (Å²) in [6.07, 6.45) is 0. The van der Waals surface area contributed by atoms with Crippen molar-refractivity contribution in [2.45, 2.75) is 13.8 Å². The van der Waals surface area contributed by atoms with Crippen molar-refractivity contribution >= 4 is 27.0 Å². The molecule has 0 radical (unpaired) electrons. The first kappa shape index (κ1) is 13.9. The van der Waals surface area contributed by atoms with E-state index in [-0.39, 0.29) is 5.69 Å². The van der Waals surface area contributed by atoms with Gasteiger partial charge in [-0.15, -0.1) is 0 Å². The van der Waals surface area contributed by atoms with Gasteiger partial charge in [0.2, 0.25) is 0 Å². The number of aromatic nitrogens is 4. The summed E-state index contributed by atoms with van der Waals surface area (Å²) in [4.78, 5) is 32.3. The van der Waals surface area contributed by atoms with E-state index in [0.717, 1.165) is 25.7 Å². The van der Waals surface area contributed by atoms with Crippen LogP contribution in [0.4, 0.5) is 0 Å². The Morgan fingerprint density at radius 1 is 1.10 bits per heavy atom. The lowest BCUT2D eigenvalue weighted by molar-refractivity contribution is 0.748. The molecule has 0 fully saturated rings. The SMILES string of the molecule is Cc1cc2nc3c(=O)n(C)c(=O)nc-3n(C)c2c(Br)c1C. The van der Waals surface area contributed by atoms with E-state index in [2.05, 4.69) is 25.9 Å². The summed E-state index contributed by atoms with van der Waals surface area (Å²) in [5, 5.41) is 0. The van der Waals surface area contributed by atoms with Gasteiger partial charge in [-0.3, -0.25) is 9.36 Å². The third-order valence-electron chi connectivity index (χ3n) is 3.82. The summed E-state index contributed by atoms with van der Waals surface area (Å²) >= 11 is 3.57. The molecule has 1 aromatic carbocycles. The Bertz CT molecular complexity index is 987. The van der Waals surface area contributed by atoms with Gasteiger partial charge in [0.05, 0.1) is 11.0 Å². The lowest BCUT2D eigenvalue weighted by Crippen LogP contribution is -2.36. The Balaban J connectivity index is 2.67. The van der Waals surface area contributed by atoms with E-state index in [1.807, 2.05) is 19.9 Å². The van der Waals surface area contributed by atoms with Crippen molar-refractivity contribution in [2.24, 2.45) is 14.1 Å². The van der Waals surface area contributed by atoms with Crippen LogP contribution in [0, 0.1) is 13.8 Å². The summed E-state index contributed by atoms with van der Waals surface area (Å²) in [6.45, 7) is 3.99. The molecule has 0 aromatic heterocycles. The van der Waals surface area contributed by atoms with Crippen molar-refractivity contribution in [3.05, 3.63) is 42.5 Å². The maximum Gasteiger partial charge on any atom is 0.352 e. The van der Waals surface area contributed by atoms with E-state index in [0.29, 0.717) is 11.3 Å². The van der Waals surface area contributed by atoms with E-state index in [4.69, 9.17) is 0 Å². The molecule has 108 valence electrons. The molecule has 7 heteroatoms. The quantitative estimate of drug-likeness (QED) is 0.577. The number of hydrogen-bond donors (Lipinski definition) is 0. The van der Waals surface area contributed by atoms with Gasteiger partial charge in [0, 0.05) is 18.6 Å². The molecule has 0 aliphatic carbocycles. The lowest BCUT2D eigenvalue weighted by Gasteiger charge is -2.16. The summed E-state index contributed by atoms with van der Waals surface area (Å²) < 4.78 is 3.60. The molecule has 0 N–H and O–H groups in total. The molecule has 0 saturated heterocycles. The molecule has 0 saturated carbocycles. The van der Waals surface area contributed by atoms with Crippen molar-refractivity contribution in [2.75, 3.05) is 0 Å². The second-order valence-electron chi connectivity index (χ2n) is 5.10. The Morgan fingerprint density at radius 2 is 1.76 bits per heavy atom. The second-order valence-corrected chi connectivity index (χ2v) is 5.89. The van der Waals surface area contributed by atoms with Crippen LogP contribution < -0.4 is 11.2 Å². The first-order valence-corrected chi connectivity index (χ1v) is 7.15. The van der Waals surface area contributed by atoms with Crippen LogP contribution in [0.5, 0.6) is 0 Å². The van der Waals surface area contributed by atoms with E-state index in [1.165, 1.54) is 7.05 Å². The van der Waals surface area contributed by atoms with Crippen LogP contribution in [0.2, 0.25) is 0 Å². The Hall–Kier alpha value is -2.02. The van der Waals surface area contributed by atoms with E-state index in [1.54, 1.807) is 11.6 Å². The predicted octanol–water partition coefficient (Wildman–Crippen LogP) is 1.51. The summed E-state index contributed by atoms with van der Waals surface area (Å²) in [7, 11) is 3.18. The minimum Gasteiger partial charge on any atom is -0.325 e. The third-order valence-corrected chi connectivity index (χ3v) is 4.79. The monoisotopic (exact) mass is 348 g/mol. The van der Waals surface area contributed by atoms with Crippen molar-refractivity contribution in [1.29, 1.82) is 0 Å². The van der Waals surface area contributed by atoms with Gasteiger partial charge in [-0.1, -0.05) is 0 Å². The molecule has 0 spiro atoms. The van der Waals surface area contributed by atoms with Gasteiger partial charge in [0.25, 0.3) is 5.56 Å². The Kier molecular flexibility index (Phi) is 2.98. The fourth-order valence-electron chi connectivity index (χ4n) is 2.37. The van der Waals surface area contributed by atoms with Gasteiger partial charge >= 0.3 is 5.69 Å². The summed E-state index contributed by atoms with van der Waals surface area (Å²) in [5.41, 5.74) is 2.85. The molecular formula is C14H13BrN4O2. The Labute approximate surface area is 128 Å². The molecule has 2 aliphatic heterocycles. The standard InChI is InChI=1S/C14H13BrN4O2/c1-6-5-8-11(9(15)7(6)2)18(3)12-10(16-8)13(20)19(4)14(21)17-12/h5H,1-4H3. The highest BCUT2D eigenvalue weighted by Crippen LogP contribution is 2.31. The molecule has 0 unspecified atom stereocenters. The Morgan fingerprint density at radius 3 is 2.43 bits per heavy atom. The minimum absolute atomic E-state index is 0.197. The van der Waals surface area contributed by atoms with Crippen LogP contribution in [-0.4, -0.2) is 19.1 Å². The van der Waals surface area contributed by atoms with Crippen LogP contribution in [0.1, 0.15) is 11.1 Å². The highest BCUT2D eigenvalue weighted by atomic mass is 79.9. The fourth-order valence-corrected chi connectivity index (χ4v) is 3.15. The molecule has 0 atom stereocenters. The normalized spacial score (nSPS) is 11.5.